The fourth-order valence-electron chi connectivity index (χ4n) is 1.10. The topological polar surface area (TPSA) is 9.23 Å². The molecule has 50 valence electrons. The molecule has 1 heterocycles. The third-order valence-electron chi connectivity index (χ3n) is 1.71. The summed E-state index contributed by atoms with van der Waals surface area (Å²) in [6.07, 6.45) is 3.48. The largest absolute Gasteiger partial charge is 0.499 e. The second-order valence-corrected chi connectivity index (χ2v) is 2.55. The highest BCUT2D eigenvalue weighted by molar-refractivity contribution is 6.22. The van der Waals surface area contributed by atoms with Crippen LogP contribution in [0.15, 0.2) is 11.2 Å². The van der Waals surface area contributed by atoms with E-state index in [2.05, 4.69) is 14.8 Å². The first-order valence-electron chi connectivity index (χ1n) is 3.66. The smallest absolute Gasteiger partial charge is 0.138 e. The molecule has 0 aromatic carbocycles. The molecule has 1 aliphatic heterocycles. The number of allylic oxidation sites excluding steroid dienone is 1. The molecule has 0 atom stereocenters. The highest BCUT2D eigenvalue weighted by Gasteiger charge is 2.09. The molecule has 0 fully saturated rings. The summed E-state index contributed by atoms with van der Waals surface area (Å²) >= 11 is 0. The molecule has 0 bridgehead atoms. The van der Waals surface area contributed by atoms with Crippen LogP contribution in [0.2, 0.25) is 0 Å². The Labute approximate surface area is 57.5 Å². The van der Waals surface area contributed by atoms with Crippen molar-refractivity contribution in [2.24, 2.45) is 0 Å². The molecular weight excluding hydrogens is 111 g/mol. The van der Waals surface area contributed by atoms with Crippen molar-refractivity contribution in [3.63, 3.8) is 0 Å². The summed E-state index contributed by atoms with van der Waals surface area (Å²) in [4.78, 5) is 0. The van der Waals surface area contributed by atoms with E-state index in [1.54, 1.807) is 0 Å². The third kappa shape index (κ3) is 1.50. The van der Waals surface area contributed by atoms with Gasteiger partial charge in [-0.2, -0.15) is 0 Å². The van der Waals surface area contributed by atoms with Crippen LogP contribution in [0.3, 0.4) is 0 Å². The second kappa shape index (κ2) is 2.95. The van der Waals surface area contributed by atoms with Crippen molar-refractivity contribution < 1.29 is 4.74 Å². The quantitative estimate of drug-likeness (QED) is 0.500. The van der Waals surface area contributed by atoms with Crippen molar-refractivity contribution >= 4 is 7.85 Å². The van der Waals surface area contributed by atoms with E-state index in [0.717, 1.165) is 19.4 Å². The highest BCUT2D eigenvalue weighted by Crippen LogP contribution is 2.19. The summed E-state index contributed by atoms with van der Waals surface area (Å²) < 4.78 is 5.39. The molecule has 0 saturated carbocycles. The fourth-order valence-corrected chi connectivity index (χ4v) is 1.10. The van der Waals surface area contributed by atoms with Crippen molar-refractivity contribution in [3.05, 3.63) is 11.2 Å². The Morgan fingerprint density at radius 2 is 2.44 bits per heavy atom. The molecule has 2 heteroatoms. The summed E-state index contributed by atoms with van der Waals surface area (Å²) in [6.45, 7) is 3.10. The van der Waals surface area contributed by atoms with E-state index in [4.69, 9.17) is 4.74 Å². The van der Waals surface area contributed by atoms with Gasteiger partial charge in [0.25, 0.3) is 0 Å². The number of rotatable bonds is 2. The van der Waals surface area contributed by atoms with Gasteiger partial charge < -0.3 is 4.74 Å². The zero-order valence-corrected chi connectivity index (χ0v) is 6.24. The molecule has 0 N–H and O–H groups in total. The Kier molecular flexibility index (Phi) is 2.20. The van der Waals surface area contributed by atoms with E-state index in [9.17, 15) is 0 Å². The molecule has 0 unspecified atom stereocenters. The number of ether oxygens (including phenoxy) is 1. The molecule has 0 aliphatic carbocycles. The van der Waals surface area contributed by atoms with Gasteiger partial charge in [-0.25, -0.2) is 0 Å². The molecule has 0 amide bonds. The van der Waals surface area contributed by atoms with Crippen LogP contribution in [0.1, 0.15) is 26.2 Å². The van der Waals surface area contributed by atoms with Gasteiger partial charge in [-0.1, -0.05) is 12.4 Å². The molecular formula is C7H13BO. The zero-order valence-electron chi connectivity index (χ0n) is 6.24. The predicted molar refractivity (Wildman–Crippen MR) is 41.0 cm³/mol. The Hall–Kier alpha value is -0.395. The monoisotopic (exact) mass is 124 g/mol. The van der Waals surface area contributed by atoms with Crippen LogP contribution in [-0.2, 0) is 4.74 Å². The maximum Gasteiger partial charge on any atom is 0.138 e. The van der Waals surface area contributed by atoms with Crippen molar-refractivity contribution in [2.75, 3.05) is 6.61 Å². The SMILES string of the molecule is BC1=C(CCC)OCC1. The zero-order chi connectivity index (χ0) is 6.69. The minimum atomic E-state index is 0.918. The lowest BCUT2D eigenvalue weighted by Crippen LogP contribution is -1.84. The third-order valence-corrected chi connectivity index (χ3v) is 1.71. The van der Waals surface area contributed by atoms with E-state index in [1.807, 2.05) is 0 Å². The Balaban J connectivity index is 2.45. The fraction of sp³-hybridized carbons (Fsp3) is 0.714. The van der Waals surface area contributed by atoms with Gasteiger partial charge in [0.2, 0.25) is 0 Å². The molecule has 1 rings (SSSR count). The van der Waals surface area contributed by atoms with Crippen LogP contribution in [0.25, 0.3) is 0 Å². The van der Waals surface area contributed by atoms with E-state index >= 15 is 0 Å². The summed E-state index contributed by atoms with van der Waals surface area (Å²) in [5.74, 6) is 1.25. The molecule has 9 heavy (non-hydrogen) atoms. The number of hydrogen-bond acceptors (Lipinski definition) is 1. The number of hydrogen-bond donors (Lipinski definition) is 0. The van der Waals surface area contributed by atoms with Crippen LogP contribution >= 0.6 is 0 Å². The van der Waals surface area contributed by atoms with Gasteiger partial charge in [0.15, 0.2) is 0 Å². The van der Waals surface area contributed by atoms with Crippen LogP contribution in [0.5, 0.6) is 0 Å². The Bertz CT molecular complexity index is 129. The standard InChI is InChI=1S/C7H13BO/c1-2-3-7-6(8)4-5-9-7/h2-5,8H2,1H3. The van der Waals surface area contributed by atoms with E-state index in [1.165, 1.54) is 17.7 Å². The Morgan fingerprint density at radius 1 is 1.67 bits per heavy atom. The van der Waals surface area contributed by atoms with Gasteiger partial charge >= 0.3 is 0 Å². The molecule has 1 nitrogen and oxygen atoms in total. The minimum absolute atomic E-state index is 0.918. The highest BCUT2D eigenvalue weighted by atomic mass is 16.5. The van der Waals surface area contributed by atoms with Crippen molar-refractivity contribution in [3.8, 4) is 0 Å². The van der Waals surface area contributed by atoms with Gasteiger partial charge in [0.1, 0.15) is 7.85 Å². The first kappa shape index (κ1) is 6.72. The molecule has 0 radical (unpaired) electrons. The van der Waals surface area contributed by atoms with Gasteiger partial charge in [0.05, 0.1) is 12.4 Å². The first-order valence-corrected chi connectivity index (χ1v) is 3.66. The molecule has 0 saturated heterocycles. The van der Waals surface area contributed by atoms with Crippen LogP contribution in [0.4, 0.5) is 0 Å². The summed E-state index contributed by atoms with van der Waals surface area (Å²) in [6, 6.07) is 0. The van der Waals surface area contributed by atoms with Crippen LogP contribution < -0.4 is 0 Å². The average molecular weight is 124 g/mol. The molecule has 0 aromatic rings. The van der Waals surface area contributed by atoms with E-state index < -0.39 is 0 Å². The maximum absolute atomic E-state index is 5.39. The summed E-state index contributed by atoms with van der Waals surface area (Å²) in [7, 11) is 2.16. The van der Waals surface area contributed by atoms with Crippen LogP contribution in [-0.4, -0.2) is 14.5 Å². The molecule has 0 spiro atoms. The van der Waals surface area contributed by atoms with Gasteiger partial charge in [-0.05, 0) is 12.8 Å². The molecule has 1 aliphatic rings. The van der Waals surface area contributed by atoms with Crippen molar-refractivity contribution in [2.45, 2.75) is 26.2 Å². The normalized spacial score (nSPS) is 18.3. The van der Waals surface area contributed by atoms with Crippen molar-refractivity contribution in [1.29, 1.82) is 0 Å². The van der Waals surface area contributed by atoms with E-state index in [0.29, 0.717) is 0 Å². The van der Waals surface area contributed by atoms with Gasteiger partial charge in [0, 0.05) is 6.42 Å². The molecule has 0 aromatic heterocycles. The lowest BCUT2D eigenvalue weighted by Gasteiger charge is -2.00. The predicted octanol–water partition coefficient (Wildman–Crippen LogP) is 1.05. The van der Waals surface area contributed by atoms with Crippen molar-refractivity contribution in [1.82, 2.24) is 0 Å². The summed E-state index contributed by atoms with van der Waals surface area (Å²) in [5, 5.41) is 0. The van der Waals surface area contributed by atoms with E-state index in [-0.39, 0.29) is 0 Å². The Morgan fingerprint density at radius 3 is 2.89 bits per heavy atom. The average Bonchev–Trinajstić information content (AvgIpc) is 2.18. The van der Waals surface area contributed by atoms with Gasteiger partial charge in [-0.15, -0.1) is 0 Å². The van der Waals surface area contributed by atoms with Crippen LogP contribution in [0, 0.1) is 0 Å². The minimum Gasteiger partial charge on any atom is -0.499 e. The maximum atomic E-state index is 5.39. The lowest BCUT2D eigenvalue weighted by atomic mass is 9.92. The summed E-state index contributed by atoms with van der Waals surface area (Å²) in [5.41, 5.74) is 1.46. The van der Waals surface area contributed by atoms with Gasteiger partial charge in [-0.3, -0.25) is 0 Å². The first-order chi connectivity index (χ1) is 4.34. The lowest BCUT2D eigenvalue weighted by molar-refractivity contribution is 0.233. The second-order valence-electron chi connectivity index (χ2n) is 2.55.